The molecule has 1 aromatic heterocycles. The van der Waals surface area contributed by atoms with Crippen LogP contribution in [0.5, 0.6) is 5.75 Å². The van der Waals surface area contributed by atoms with Crippen molar-refractivity contribution < 1.29 is 13.2 Å². The Labute approximate surface area is 196 Å². The molecule has 0 radical (unpaired) electrons. The molecule has 0 saturated heterocycles. The number of aryl methyl sites for hydroxylation is 3. The minimum atomic E-state index is -3.77. The molecule has 0 spiro atoms. The van der Waals surface area contributed by atoms with Crippen molar-refractivity contribution in [3.8, 4) is 5.75 Å². The molecule has 9 heteroatoms. The maximum Gasteiger partial charge on any atom is 0.262 e. The molecule has 0 saturated carbocycles. The van der Waals surface area contributed by atoms with E-state index in [1.807, 2.05) is 19.9 Å². The first-order valence-corrected chi connectivity index (χ1v) is 12.3. The minimum absolute atomic E-state index is 0.184. The summed E-state index contributed by atoms with van der Waals surface area (Å²) in [6, 6.07) is 12.3. The fourth-order valence-electron chi connectivity index (χ4n) is 3.60. The molecule has 0 aliphatic rings. The zero-order valence-corrected chi connectivity index (χ0v) is 20.7. The predicted molar refractivity (Wildman–Crippen MR) is 133 cm³/mol. The Morgan fingerprint density at radius 2 is 1.55 bits per heavy atom. The summed E-state index contributed by atoms with van der Waals surface area (Å²) in [7, 11) is -2.25. The van der Waals surface area contributed by atoms with Gasteiger partial charge in [0.15, 0.2) is 0 Å². The Bertz CT molecular complexity index is 1220. The van der Waals surface area contributed by atoms with E-state index in [4.69, 9.17) is 4.74 Å². The second-order valence-corrected chi connectivity index (χ2v) is 9.41. The van der Waals surface area contributed by atoms with E-state index in [1.165, 1.54) is 7.11 Å². The summed E-state index contributed by atoms with van der Waals surface area (Å²) >= 11 is 0. The molecule has 1 heterocycles. The molecule has 0 unspecified atom stereocenters. The summed E-state index contributed by atoms with van der Waals surface area (Å²) in [5.41, 5.74) is 3.60. The topological polar surface area (TPSA) is 96.5 Å². The first-order chi connectivity index (χ1) is 15.7. The van der Waals surface area contributed by atoms with Crippen molar-refractivity contribution in [2.45, 2.75) is 39.5 Å². The Hall–Kier alpha value is -3.33. The van der Waals surface area contributed by atoms with Crippen molar-refractivity contribution in [1.82, 2.24) is 9.97 Å². The van der Waals surface area contributed by atoms with Gasteiger partial charge >= 0.3 is 0 Å². The Balaban J connectivity index is 1.79. The fraction of sp³-hybridized carbons (Fsp3) is 0.333. The molecule has 3 aromatic rings. The van der Waals surface area contributed by atoms with Crippen LogP contribution in [0, 0.1) is 20.8 Å². The first-order valence-electron chi connectivity index (χ1n) is 10.8. The lowest BCUT2D eigenvalue weighted by Gasteiger charge is -2.20. The Morgan fingerprint density at radius 1 is 0.909 bits per heavy atom. The van der Waals surface area contributed by atoms with Crippen LogP contribution in [0.25, 0.3) is 0 Å². The van der Waals surface area contributed by atoms with Crippen molar-refractivity contribution in [3.63, 3.8) is 0 Å². The van der Waals surface area contributed by atoms with E-state index in [9.17, 15) is 8.42 Å². The molecule has 33 heavy (non-hydrogen) atoms. The number of aromatic nitrogens is 2. The minimum Gasteiger partial charge on any atom is -0.496 e. The van der Waals surface area contributed by atoms with E-state index in [0.717, 1.165) is 35.9 Å². The molecule has 0 aliphatic carbocycles. The molecule has 0 atom stereocenters. The summed E-state index contributed by atoms with van der Waals surface area (Å²) in [5, 5.41) is 3.20. The summed E-state index contributed by atoms with van der Waals surface area (Å²) in [5.74, 6) is 1.89. The van der Waals surface area contributed by atoms with Gasteiger partial charge in [0.25, 0.3) is 10.0 Å². The highest BCUT2D eigenvalue weighted by atomic mass is 32.2. The molecule has 2 N–H and O–H groups in total. The van der Waals surface area contributed by atoms with Gasteiger partial charge in [0, 0.05) is 42.3 Å². The largest absolute Gasteiger partial charge is 0.496 e. The lowest BCUT2D eigenvalue weighted by Crippen LogP contribution is -2.23. The molecular formula is C24H31N5O3S. The lowest BCUT2D eigenvalue weighted by molar-refractivity contribution is 0.410. The van der Waals surface area contributed by atoms with Crippen LogP contribution in [-0.2, 0) is 10.0 Å². The number of nitrogens with one attached hydrogen (secondary N) is 2. The molecule has 176 valence electrons. The highest BCUT2D eigenvalue weighted by molar-refractivity contribution is 7.92. The van der Waals surface area contributed by atoms with E-state index >= 15 is 0 Å². The van der Waals surface area contributed by atoms with Gasteiger partial charge in [0.1, 0.15) is 11.6 Å². The van der Waals surface area contributed by atoms with Crippen LogP contribution in [-0.4, -0.2) is 38.6 Å². The van der Waals surface area contributed by atoms with Crippen LogP contribution in [0.1, 0.15) is 30.7 Å². The average molecular weight is 470 g/mol. The number of nitrogens with zero attached hydrogens (tertiary/aromatic N) is 3. The van der Waals surface area contributed by atoms with Crippen LogP contribution in [0.3, 0.4) is 0 Å². The van der Waals surface area contributed by atoms with Crippen molar-refractivity contribution >= 4 is 33.2 Å². The molecule has 0 amide bonds. The number of sulfonamides is 1. The predicted octanol–water partition coefficient (Wildman–Crippen LogP) is 4.80. The highest BCUT2D eigenvalue weighted by Crippen LogP contribution is 2.28. The third-order valence-corrected chi connectivity index (χ3v) is 6.83. The van der Waals surface area contributed by atoms with Gasteiger partial charge in [-0.3, -0.25) is 4.72 Å². The zero-order chi connectivity index (χ0) is 24.2. The normalized spacial score (nSPS) is 11.2. The van der Waals surface area contributed by atoms with Crippen molar-refractivity contribution in [2.24, 2.45) is 0 Å². The molecule has 2 aromatic carbocycles. The maximum atomic E-state index is 13.0. The molecule has 3 rings (SSSR count). The third kappa shape index (κ3) is 5.73. The van der Waals surface area contributed by atoms with Gasteiger partial charge in [-0.15, -0.1) is 0 Å². The van der Waals surface area contributed by atoms with Crippen LogP contribution < -0.4 is 19.7 Å². The zero-order valence-electron chi connectivity index (χ0n) is 19.9. The van der Waals surface area contributed by atoms with E-state index in [2.05, 4.69) is 38.8 Å². The van der Waals surface area contributed by atoms with Crippen molar-refractivity contribution in [1.29, 1.82) is 0 Å². The molecule has 0 aliphatic heterocycles. The second-order valence-electron chi connectivity index (χ2n) is 7.76. The van der Waals surface area contributed by atoms with Crippen molar-refractivity contribution in [2.75, 3.05) is 35.1 Å². The third-order valence-electron chi connectivity index (χ3n) is 5.30. The van der Waals surface area contributed by atoms with Crippen LogP contribution in [0.15, 0.2) is 47.4 Å². The Morgan fingerprint density at radius 3 is 2.15 bits per heavy atom. The standard InChI is InChI=1S/C24H31N5O3S/c1-7-29(8-2)23-14-18(5)25-24(27-23)26-19-9-11-20(12-10-19)28-33(30,31)22-15-21(32-6)16(3)13-17(22)4/h9-15,28H,7-8H2,1-6H3,(H,25,26,27). The fourth-order valence-corrected chi connectivity index (χ4v) is 4.90. The molecule has 0 fully saturated rings. The number of methoxy groups -OCH3 is 1. The lowest BCUT2D eigenvalue weighted by atomic mass is 10.1. The highest BCUT2D eigenvalue weighted by Gasteiger charge is 2.19. The van der Waals surface area contributed by atoms with Gasteiger partial charge in [-0.05, 0) is 70.0 Å². The van der Waals surface area contributed by atoms with Crippen molar-refractivity contribution in [3.05, 3.63) is 59.3 Å². The molecular weight excluding hydrogens is 438 g/mol. The van der Waals surface area contributed by atoms with Gasteiger partial charge in [0.2, 0.25) is 5.95 Å². The number of anilines is 4. The summed E-state index contributed by atoms with van der Waals surface area (Å²) in [4.78, 5) is 11.4. The molecule has 8 nitrogen and oxygen atoms in total. The number of hydrogen-bond acceptors (Lipinski definition) is 7. The van der Waals surface area contributed by atoms with E-state index < -0.39 is 10.0 Å². The number of ether oxygens (including phenoxy) is 1. The Kier molecular flexibility index (Phi) is 7.43. The van der Waals surface area contributed by atoms with Gasteiger partial charge < -0.3 is 15.0 Å². The van der Waals surface area contributed by atoms with E-state index in [1.54, 1.807) is 43.3 Å². The number of benzene rings is 2. The van der Waals surface area contributed by atoms with Crippen LogP contribution in [0.4, 0.5) is 23.1 Å². The maximum absolute atomic E-state index is 13.0. The van der Waals surface area contributed by atoms with Crippen LogP contribution >= 0.6 is 0 Å². The van der Waals surface area contributed by atoms with E-state index in [0.29, 0.717) is 22.9 Å². The van der Waals surface area contributed by atoms with Crippen LogP contribution in [0.2, 0.25) is 0 Å². The monoisotopic (exact) mass is 469 g/mol. The number of hydrogen-bond donors (Lipinski definition) is 2. The SMILES string of the molecule is CCN(CC)c1cc(C)nc(Nc2ccc(NS(=O)(=O)c3cc(OC)c(C)cc3C)cc2)n1. The van der Waals surface area contributed by atoms with Gasteiger partial charge in [-0.2, -0.15) is 4.98 Å². The number of rotatable bonds is 9. The summed E-state index contributed by atoms with van der Waals surface area (Å²) < 4.78 is 33.9. The average Bonchev–Trinajstić information content (AvgIpc) is 2.75. The van der Waals surface area contributed by atoms with Gasteiger partial charge in [0.05, 0.1) is 12.0 Å². The van der Waals surface area contributed by atoms with Gasteiger partial charge in [-0.25, -0.2) is 13.4 Å². The van der Waals surface area contributed by atoms with E-state index in [-0.39, 0.29) is 4.90 Å². The quantitative estimate of drug-likeness (QED) is 0.465. The second kappa shape index (κ2) is 10.1. The summed E-state index contributed by atoms with van der Waals surface area (Å²) in [6.07, 6.45) is 0. The summed E-state index contributed by atoms with van der Waals surface area (Å²) in [6.45, 7) is 11.5. The van der Waals surface area contributed by atoms with Gasteiger partial charge in [-0.1, -0.05) is 6.07 Å². The smallest absolute Gasteiger partial charge is 0.262 e. The molecule has 0 bridgehead atoms. The first kappa shape index (κ1) is 24.3.